The number of nitrogens with zero attached hydrogens (tertiary/aromatic N) is 1. The number of aromatic nitrogens is 1. The molecule has 0 unspecified atom stereocenters. The van der Waals surface area contributed by atoms with Gasteiger partial charge in [-0.2, -0.15) is 0 Å². The lowest BCUT2D eigenvalue weighted by molar-refractivity contribution is 0.101. The van der Waals surface area contributed by atoms with E-state index in [-0.39, 0.29) is 11.7 Å². The largest absolute Gasteiger partial charge is 0.336 e. The van der Waals surface area contributed by atoms with Crippen LogP contribution in [0, 0.1) is 25.5 Å². The molecule has 2 aromatic carbocycles. The molecule has 128 valence electrons. The Morgan fingerprint density at radius 3 is 2.36 bits per heavy atom. The molecule has 0 saturated heterocycles. The molecule has 3 rings (SSSR count). The van der Waals surface area contributed by atoms with Gasteiger partial charge in [0.1, 0.15) is 17.3 Å². The molecule has 0 aliphatic carbocycles. The Morgan fingerprint density at radius 1 is 1.00 bits per heavy atom. The van der Waals surface area contributed by atoms with Crippen LogP contribution in [0.25, 0.3) is 0 Å². The predicted molar refractivity (Wildman–Crippen MR) is 93.8 cm³/mol. The zero-order valence-corrected chi connectivity index (χ0v) is 14.0. The number of amides is 1. The van der Waals surface area contributed by atoms with Gasteiger partial charge in [0.15, 0.2) is 0 Å². The summed E-state index contributed by atoms with van der Waals surface area (Å²) in [6.45, 7) is 4.12. The maximum atomic E-state index is 13.4. The number of anilines is 1. The van der Waals surface area contributed by atoms with Crippen molar-refractivity contribution in [2.24, 2.45) is 0 Å². The molecule has 0 atom stereocenters. The van der Waals surface area contributed by atoms with Crippen LogP contribution in [-0.2, 0) is 6.54 Å². The highest BCUT2D eigenvalue weighted by molar-refractivity contribution is 6.04. The fourth-order valence-corrected chi connectivity index (χ4v) is 2.93. The number of halogens is 2. The van der Waals surface area contributed by atoms with Gasteiger partial charge in [-0.25, -0.2) is 8.78 Å². The summed E-state index contributed by atoms with van der Waals surface area (Å²) in [4.78, 5) is 12.7. The zero-order valence-electron chi connectivity index (χ0n) is 14.0. The lowest BCUT2D eigenvalue weighted by atomic mass is 10.2. The normalized spacial score (nSPS) is 10.7. The first-order valence-electron chi connectivity index (χ1n) is 7.92. The highest BCUT2D eigenvalue weighted by atomic mass is 19.1. The summed E-state index contributed by atoms with van der Waals surface area (Å²) >= 11 is 0. The molecule has 0 fully saturated rings. The van der Waals surface area contributed by atoms with Crippen LogP contribution in [-0.4, -0.2) is 10.5 Å². The van der Waals surface area contributed by atoms with Crippen molar-refractivity contribution >= 4 is 11.6 Å². The highest BCUT2D eigenvalue weighted by Crippen LogP contribution is 2.20. The standard InChI is InChI=1S/C20H18F2N2O/c1-13-9-14(2)24(12-15-5-3-6-16(21)10-15)19(13)20(25)23-18-8-4-7-17(22)11-18/h3-11H,12H2,1-2H3,(H,23,25). The average molecular weight is 340 g/mol. The molecule has 3 nitrogen and oxygen atoms in total. The van der Waals surface area contributed by atoms with Crippen LogP contribution in [0.3, 0.4) is 0 Å². The van der Waals surface area contributed by atoms with Gasteiger partial charge in [-0.3, -0.25) is 4.79 Å². The molecule has 1 N–H and O–H groups in total. The van der Waals surface area contributed by atoms with Crippen LogP contribution in [0.1, 0.15) is 27.3 Å². The van der Waals surface area contributed by atoms with Crippen molar-refractivity contribution in [3.05, 3.63) is 88.7 Å². The van der Waals surface area contributed by atoms with Crippen LogP contribution >= 0.6 is 0 Å². The zero-order chi connectivity index (χ0) is 18.0. The molecule has 0 bridgehead atoms. The molecule has 1 amide bonds. The van der Waals surface area contributed by atoms with Gasteiger partial charge in [-0.05, 0) is 61.4 Å². The fraction of sp³-hybridized carbons (Fsp3) is 0.150. The van der Waals surface area contributed by atoms with E-state index in [9.17, 15) is 13.6 Å². The van der Waals surface area contributed by atoms with E-state index in [2.05, 4.69) is 5.32 Å². The smallest absolute Gasteiger partial charge is 0.272 e. The minimum Gasteiger partial charge on any atom is -0.336 e. The van der Waals surface area contributed by atoms with Crippen molar-refractivity contribution in [2.75, 3.05) is 5.32 Å². The third-order valence-corrected chi connectivity index (χ3v) is 4.02. The van der Waals surface area contributed by atoms with E-state index in [1.807, 2.05) is 30.5 Å². The van der Waals surface area contributed by atoms with Gasteiger partial charge in [0.2, 0.25) is 0 Å². The van der Waals surface area contributed by atoms with E-state index >= 15 is 0 Å². The summed E-state index contributed by atoms with van der Waals surface area (Å²) in [6.07, 6.45) is 0. The third kappa shape index (κ3) is 3.76. The van der Waals surface area contributed by atoms with Crippen LogP contribution in [0.2, 0.25) is 0 Å². The molecular formula is C20H18F2N2O. The van der Waals surface area contributed by atoms with E-state index in [1.54, 1.807) is 12.1 Å². The van der Waals surface area contributed by atoms with E-state index in [4.69, 9.17) is 0 Å². The van der Waals surface area contributed by atoms with Crippen LogP contribution in [0.4, 0.5) is 14.5 Å². The van der Waals surface area contributed by atoms with Gasteiger partial charge in [0.25, 0.3) is 5.91 Å². The molecule has 0 spiro atoms. The van der Waals surface area contributed by atoms with E-state index in [0.29, 0.717) is 17.9 Å². The second-order valence-corrected chi connectivity index (χ2v) is 6.00. The number of hydrogen-bond donors (Lipinski definition) is 1. The first-order valence-corrected chi connectivity index (χ1v) is 7.92. The molecule has 0 radical (unpaired) electrons. The van der Waals surface area contributed by atoms with Gasteiger partial charge in [0.05, 0.1) is 0 Å². The molecule has 0 aliphatic rings. The summed E-state index contributed by atoms with van der Waals surface area (Å²) < 4.78 is 28.6. The number of carbonyl (C=O) groups excluding carboxylic acids is 1. The summed E-state index contributed by atoms with van der Waals surface area (Å²) in [7, 11) is 0. The second-order valence-electron chi connectivity index (χ2n) is 6.00. The van der Waals surface area contributed by atoms with Crippen molar-refractivity contribution in [1.29, 1.82) is 0 Å². The minimum absolute atomic E-state index is 0.315. The maximum Gasteiger partial charge on any atom is 0.272 e. The topological polar surface area (TPSA) is 34.0 Å². The Balaban J connectivity index is 1.92. The Morgan fingerprint density at radius 2 is 1.68 bits per heavy atom. The molecule has 25 heavy (non-hydrogen) atoms. The molecule has 3 aromatic rings. The maximum absolute atomic E-state index is 13.4. The van der Waals surface area contributed by atoms with Crippen molar-refractivity contribution in [3.63, 3.8) is 0 Å². The van der Waals surface area contributed by atoms with Gasteiger partial charge >= 0.3 is 0 Å². The van der Waals surface area contributed by atoms with Crippen molar-refractivity contribution in [1.82, 2.24) is 4.57 Å². The molecule has 5 heteroatoms. The molecule has 0 aliphatic heterocycles. The summed E-state index contributed by atoms with van der Waals surface area (Å²) in [5.41, 5.74) is 3.33. The van der Waals surface area contributed by atoms with Crippen LogP contribution in [0.15, 0.2) is 54.6 Å². The number of rotatable bonds is 4. The van der Waals surface area contributed by atoms with Crippen LogP contribution < -0.4 is 5.32 Å². The van der Waals surface area contributed by atoms with Gasteiger partial charge in [-0.1, -0.05) is 18.2 Å². The van der Waals surface area contributed by atoms with E-state index < -0.39 is 5.82 Å². The second kappa shape index (κ2) is 6.89. The van der Waals surface area contributed by atoms with Gasteiger partial charge < -0.3 is 9.88 Å². The molecule has 1 heterocycles. The lowest BCUT2D eigenvalue weighted by Crippen LogP contribution is -2.19. The first kappa shape index (κ1) is 16.9. The van der Waals surface area contributed by atoms with Crippen molar-refractivity contribution in [3.8, 4) is 0 Å². The first-order chi connectivity index (χ1) is 11.9. The number of hydrogen-bond acceptors (Lipinski definition) is 1. The van der Waals surface area contributed by atoms with Crippen molar-refractivity contribution in [2.45, 2.75) is 20.4 Å². The Labute approximate surface area is 144 Å². The van der Waals surface area contributed by atoms with Crippen LogP contribution in [0.5, 0.6) is 0 Å². The Kier molecular flexibility index (Phi) is 4.65. The minimum atomic E-state index is -0.416. The summed E-state index contributed by atoms with van der Waals surface area (Å²) in [5.74, 6) is -1.06. The van der Waals surface area contributed by atoms with Gasteiger partial charge in [0, 0.05) is 17.9 Å². The summed E-state index contributed by atoms with van der Waals surface area (Å²) in [6, 6.07) is 13.9. The number of benzene rings is 2. The molecule has 1 aromatic heterocycles. The average Bonchev–Trinajstić information content (AvgIpc) is 2.81. The quantitative estimate of drug-likeness (QED) is 0.735. The monoisotopic (exact) mass is 340 g/mol. The number of carbonyl (C=O) groups is 1. The van der Waals surface area contributed by atoms with Gasteiger partial charge in [-0.15, -0.1) is 0 Å². The number of nitrogens with one attached hydrogen (secondary N) is 1. The predicted octanol–water partition coefficient (Wildman–Crippen LogP) is 4.68. The van der Waals surface area contributed by atoms with E-state index in [0.717, 1.165) is 16.8 Å². The number of aryl methyl sites for hydroxylation is 2. The van der Waals surface area contributed by atoms with Crippen molar-refractivity contribution < 1.29 is 13.6 Å². The fourth-order valence-electron chi connectivity index (χ4n) is 2.93. The third-order valence-electron chi connectivity index (χ3n) is 4.02. The highest BCUT2D eigenvalue weighted by Gasteiger charge is 2.18. The SMILES string of the molecule is Cc1cc(C)n(Cc2cccc(F)c2)c1C(=O)Nc1cccc(F)c1. The Hall–Kier alpha value is -2.95. The van der Waals surface area contributed by atoms with E-state index in [1.165, 1.54) is 30.3 Å². The summed E-state index contributed by atoms with van der Waals surface area (Å²) in [5, 5.41) is 2.72. The Bertz CT molecular complexity index is 931. The molecule has 0 saturated carbocycles. The molecular weight excluding hydrogens is 322 g/mol. The lowest BCUT2D eigenvalue weighted by Gasteiger charge is -2.13.